The van der Waals surface area contributed by atoms with Crippen LogP contribution < -0.4 is 10.0 Å². The molecular formula is C9H18N4O3S. The summed E-state index contributed by atoms with van der Waals surface area (Å²) in [5, 5.41) is 6.64. The maximum atomic E-state index is 11.6. The number of sulfonamides is 1. The molecule has 2 N–H and O–H groups in total. The van der Waals surface area contributed by atoms with Crippen molar-refractivity contribution in [1.82, 2.24) is 15.5 Å². The molecular weight excluding hydrogens is 244 g/mol. The molecule has 0 saturated heterocycles. The molecule has 1 aromatic rings. The van der Waals surface area contributed by atoms with Crippen LogP contribution in [0, 0.1) is 6.92 Å². The number of nitrogens with one attached hydrogen (secondary N) is 2. The van der Waals surface area contributed by atoms with E-state index in [0.717, 1.165) is 0 Å². The zero-order valence-electron chi connectivity index (χ0n) is 10.2. The van der Waals surface area contributed by atoms with Crippen molar-refractivity contribution < 1.29 is 12.9 Å². The average molecular weight is 262 g/mol. The number of nitrogens with zero attached hydrogens (tertiary/aromatic N) is 2. The first-order valence-corrected chi connectivity index (χ1v) is 7.08. The third-order valence-electron chi connectivity index (χ3n) is 1.91. The molecule has 0 fully saturated rings. The zero-order valence-corrected chi connectivity index (χ0v) is 11.0. The van der Waals surface area contributed by atoms with Crippen LogP contribution in [0.1, 0.15) is 26.1 Å². The number of anilines is 1. The van der Waals surface area contributed by atoms with Gasteiger partial charge in [-0.1, -0.05) is 19.0 Å². The van der Waals surface area contributed by atoms with Gasteiger partial charge in [-0.3, -0.25) is 0 Å². The molecule has 1 aromatic heterocycles. The van der Waals surface area contributed by atoms with Crippen LogP contribution in [0.5, 0.6) is 0 Å². The first-order chi connectivity index (χ1) is 7.89. The normalized spacial score (nSPS) is 12.0. The zero-order chi connectivity index (χ0) is 12.9. The lowest BCUT2D eigenvalue weighted by molar-refractivity contribution is 0.429. The van der Waals surface area contributed by atoms with Gasteiger partial charge in [0.2, 0.25) is 10.0 Å². The molecule has 8 heteroatoms. The molecule has 0 aliphatic carbocycles. The minimum atomic E-state index is -3.41. The van der Waals surface area contributed by atoms with Gasteiger partial charge in [-0.15, -0.1) is 0 Å². The number of rotatable bonds is 7. The Bertz CT molecular complexity index is 441. The Morgan fingerprint density at radius 1 is 1.41 bits per heavy atom. The molecule has 0 amide bonds. The van der Waals surface area contributed by atoms with E-state index >= 15 is 0 Å². The third kappa shape index (κ3) is 5.64. The minimum absolute atomic E-state index is 0.0220. The lowest BCUT2D eigenvalue weighted by Crippen LogP contribution is -2.26. The number of aryl methyl sites for hydroxylation is 1. The summed E-state index contributed by atoms with van der Waals surface area (Å²) < 4.78 is 30.1. The maximum Gasteiger partial charge on any atom is 0.335 e. The van der Waals surface area contributed by atoms with E-state index in [4.69, 9.17) is 0 Å². The smallest absolute Gasteiger partial charge is 0.314 e. The highest BCUT2D eigenvalue weighted by Gasteiger charge is 2.13. The van der Waals surface area contributed by atoms with Crippen molar-refractivity contribution in [2.24, 2.45) is 0 Å². The second-order valence-corrected chi connectivity index (χ2v) is 5.87. The van der Waals surface area contributed by atoms with Crippen LogP contribution in [-0.4, -0.2) is 36.9 Å². The van der Waals surface area contributed by atoms with Crippen molar-refractivity contribution >= 4 is 16.0 Å². The van der Waals surface area contributed by atoms with Crippen LogP contribution in [0.4, 0.5) is 6.01 Å². The van der Waals surface area contributed by atoms with Gasteiger partial charge >= 0.3 is 6.01 Å². The van der Waals surface area contributed by atoms with Crippen molar-refractivity contribution in [3.63, 3.8) is 0 Å². The summed E-state index contributed by atoms with van der Waals surface area (Å²) in [6.45, 7) is 6.29. The van der Waals surface area contributed by atoms with Gasteiger partial charge in [-0.25, -0.2) is 13.1 Å². The second kappa shape index (κ2) is 5.97. The van der Waals surface area contributed by atoms with Gasteiger partial charge in [-0.2, -0.15) is 4.98 Å². The summed E-state index contributed by atoms with van der Waals surface area (Å²) in [6.07, 6.45) is 0.528. The molecule has 0 spiro atoms. The van der Waals surface area contributed by atoms with Crippen molar-refractivity contribution in [1.29, 1.82) is 0 Å². The number of aromatic nitrogens is 2. The first kappa shape index (κ1) is 13.9. The number of hydrogen-bond acceptors (Lipinski definition) is 6. The highest BCUT2D eigenvalue weighted by atomic mass is 32.2. The van der Waals surface area contributed by atoms with E-state index in [2.05, 4.69) is 24.7 Å². The maximum absolute atomic E-state index is 11.6. The van der Waals surface area contributed by atoms with Gasteiger partial charge in [0.15, 0.2) is 5.82 Å². The predicted octanol–water partition coefficient (Wildman–Crippen LogP) is 0.508. The van der Waals surface area contributed by atoms with E-state index in [1.54, 1.807) is 6.92 Å². The van der Waals surface area contributed by atoms with E-state index in [0.29, 0.717) is 24.8 Å². The van der Waals surface area contributed by atoms with Crippen LogP contribution in [0.2, 0.25) is 0 Å². The van der Waals surface area contributed by atoms with Crippen molar-refractivity contribution in [3.05, 3.63) is 5.82 Å². The highest BCUT2D eigenvalue weighted by molar-refractivity contribution is 7.92. The van der Waals surface area contributed by atoms with Gasteiger partial charge in [0.1, 0.15) is 0 Å². The third-order valence-corrected chi connectivity index (χ3v) is 3.22. The molecule has 0 radical (unpaired) electrons. The molecule has 0 bridgehead atoms. The molecule has 0 aliphatic rings. The molecule has 0 atom stereocenters. The van der Waals surface area contributed by atoms with Gasteiger partial charge in [0.25, 0.3) is 0 Å². The fraction of sp³-hybridized carbons (Fsp3) is 0.778. The van der Waals surface area contributed by atoms with Crippen LogP contribution in [0.15, 0.2) is 4.52 Å². The number of hydrogen-bond donors (Lipinski definition) is 2. The van der Waals surface area contributed by atoms with E-state index in [1.807, 2.05) is 13.8 Å². The lowest BCUT2D eigenvalue weighted by Gasteiger charge is -2.07. The van der Waals surface area contributed by atoms with Gasteiger partial charge in [0.05, 0.1) is 5.75 Å². The Morgan fingerprint density at radius 3 is 2.65 bits per heavy atom. The van der Waals surface area contributed by atoms with Crippen LogP contribution in [-0.2, 0) is 10.0 Å². The van der Waals surface area contributed by atoms with E-state index in [-0.39, 0.29) is 11.8 Å². The van der Waals surface area contributed by atoms with Gasteiger partial charge < -0.3 is 9.84 Å². The summed E-state index contributed by atoms with van der Waals surface area (Å²) in [6, 6.07) is 0.267. The van der Waals surface area contributed by atoms with E-state index < -0.39 is 10.0 Å². The predicted molar refractivity (Wildman–Crippen MR) is 64.2 cm³/mol. The SMILES string of the molecule is Cc1noc(NS(=O)(=O)CCCNC(C)C)n1. The fourth-order valence-electron chi connectivity index (χ4n) is 1.18. The van der Waals surface area contributed by atoms with Crippen LogP contribution in [0.3, 0.4) is 0 Å². The van der Waals surface area contributed by atoms with Crippen molar-refractivity contribution in [2.45, 2.75) is 33.2 Å². The van der Waals surface area contributed by atoms with Crippen LogP contribution >= 0.6 is 0 Å². The van der Waals surface area contributed by atoms with E-state index in [1.165, 1.54) is 0 Å². The summed E-state index contributed by atoms with van der Waals surface area (Å²) >= 11 is 0. The Hall–Kier alpha value is -1.15. The highest BCUT2D eigenvalue weighted by Crippen LogP contribution is 2.05. The summed E-state index contributed by atoms with van der Waals surface area (Å²) in [5.41, 5.74) is 0. The summed E-state index contributed by atoms with van der Waals surface area (Å²) in [4.78, 5) is 3.77. The average Bonchev–Trinajstić information content (AvgIpc) is 2.57. The van der Waals surface area contributed by atoms with Crippen molar-refractivity contribution in [3.8, 4) is 0 Å². The van der Waals surface area contributed by atoms with Crippen LogP contribution in [0.25, 0.3) is 0 Å². The standard InChI is InChI=1S/C9H18N4O3S/c1-7(2)10-5-4-6-17(14,15)13-9-11-8(3)12-16-9/h7,10H,4-6H2,1-3H3,(H,11,12,13). The molecule has 0 aromatic carbocycles. The molecule has 1 rings (SSSR count). The minimum Gasteiger partial charge on any atom is -0.314 e. The molecule has 0 aliphatic heterocycles. The monoisotopic (exact) mass is 262 g/mol. The second-order valence-electron chi connectivity index (χ2n) is 4.03. The Morgan fingerprint density at radius 2 is 2.12 bits per heavy atom. The molecule has 17 heavy (non-hydrogen) atoms. The Kier molecular flexibility index (Phi) is 4.88. The molecule has 98 valence electrons. The molecule has 7 nitrogen and oxygen atoms in total. The quantitative estimate of drug-likeness (QED) is 0.695. The first-order valence-electron chi connectivity index (χ1n) is 5.43. The van der Waals surface area contributed by atoms with Gasteiger partial charge in [-0.05, 0) is 19.9 Å². The van der Waals surface area contributed by atoms with E-state index in [9.17, 15) is 8.42 Å². The molecule has 0 saturated carbocycles. The largest absolute Gasteiger partial charge is 0.335 e. The fourth-order valence-corrected chi connectivity index (χ4v) is 2.15. The molecule has 0 unspecified atom stereocenters. The Balaban J connectivity index is 2.36. The molecule has 1 heterocycles. The topological polar surface area (TPSA) is 97.1 Å². The van der Waals surface area contributed by atoms with Gasteiger partial charge in [0, 0.05) is 6.04 Å². The lowest BCUT2D eigenvalue weighted by atomic mass is 10.4. The van der Waals surface area contributed by atoms with Crippen molar-refractivity contribution in [2.75, 3.05) is 17.0 Å². The summed E-state index contributed by atoms with van der Waals surface area (Å²) in [5.74, 6) is 0.415. The summed E-state index contributed by atoms with van der Waals surface area (Å²) in [7, 11) is -3.41. The Labute approximate surface area is 101 Å².